The van der Waals surface area contributed by atoms with Crippen LogP contribution in [0.3, 0.4) is 0 Å². The van der Waals surface area contributed by atoms with E-state index in [2.05, 4.69) is 15.2 Å². The Morgan fingerprint density at radius 1 is 1.11 bits per heavy atom. The predicted octanol–water partition coefficient (Wildman–Crippen LogP) is 3.95. The Balaban J connectivity index is 1.85. The van der Waals surface area contributed by atoms with Crippen molar-refractivity contribution in [3.8, 4) is 22.1 Å². The second-order valence-corrected chi connectivity index (χ2v) is 5.08. The van der Waals surface area contributed by atoms with Crippen LogP contribution in [0.2, 0.25) is 0 Å². The maximum Gasteiger partial charge on any atom is 0.185 e. The first-order valence-corrected chi connectivity index (χ1v) is 6.73. The number of hydrogen-bond donors (Lipinski definition) is 1. The molecule has 5 heteroatoms. The molecule has 4 aromatic rings. The fourth-order valence-electron chi connectivity index (χ4n) is 2.06. The zero-order valence-electron chi connectivity index (χ0n) is 9.83. The van der Waals surface area contributed by atoms with Crippen LogP contribution in [0.5, 0.6) is 0 Å². The van der Waals surface area contributed by atoms with Crippen molar-refractivity contribution in [1.29, 1.82) is 0 Å². The highest BCUT2D eigenvalue weighted by molar-refractivity contribution is 7.13. The molecule has 4 rings (SSSR count). The van der Waals surface area contributed by atoms with Gasteiger partial charge in [-0.25, -0.2) is 4.98 Å². The van der Waals surface area contributed by atoms with E-state index in [9.17, 15) is 0 Å². The molecule has 0 amide bonds. The second kappa shape index (κ2) is 4.07. The van der Waals surface area contributed by atoms with E-state index in [1.54, 1.807) is 17.6 Å². The van der Waals surface area contributed by atoms with Crippen molar-refractivity contribution < 1.29 is 4.42 Å². The molecule has 1 N–H and O–H groups in total. The van der Waals surface area contributed by atoms with Gasteiger partial charge in [0.05, 0.1) is 10.4 Å². The molecule has 0 aliphatic heterocycles. The van der Waals surface area contributed by atoms with Gasteiger partial charge < -0.3 is 4.42 Å². The Kier molecular flexibility index (Phi) is 2.25. The van der Waals surface area contributed by atoms with Gasteiger partial charge in [-0.3, -0.25) is 5.10 Å². The Morgan fingerprint density at radius 2 is 2.05 bits per heavy atom. The molecular formula is C14H9N3OS. The van der Waals surface area contributed by atoms with E-state index in [0.29, 0.717) is 5.82 Å². The summed E-state index contributed by atoms with van der Waals surface area (Å²) >= 11 is 1.63. The van der Waals surface area contributed by atoms with E-state index in [-0.39, 0.29) is 0 Å². The molecule has 0 bridgehead atoms. The number of nitrogens with zero attached hydrogens (tertiary/aromatic N) is 2. The maximum absolute atomic E-state index is 5.51. The number of aromatic amines is 1. The zero-order valence-corrected chi connectivity index (χ0v) is 10.6. The van der Waals surface area contributed by atoms with Crippen LogP contribution in [0, 0.1) is 0 Å². The molecule has 92 valence electrons. The molecule has 0 saturated carbocycles. The number of nitrogens with one attached hydrogen (secondary N) is 1. The van der Waals surface area contributed by atoms with E-state index >= 15 is 0 Å². The summed E-state index contributed by atoms with van der Waals surface area (Å²) in [5, 5.41) is 10.3. The standard InChI is InChI=1S/C14H9N3OS/c1-2-5-11-9(4-1)10(8-18-11)13-15-14(17-16-13)12-6-3-7-19-12/h1-8H,(H,15,16,17). The topological polar surface area (TPSA) is 54.7 Å². The zero-order chi connectivity index (χ0) is 12.7. The van der Waals surface area contributed by atoms with Crippen molar-refractivity contribution >= 4 is 22.3 Å². The van der Waals surface area contributed by atoms with E-state index in [1.165, 1.54) is 0 Å². The summed E-state index contributed by atoms with van der Waals surface area (Å²) in [5.41, 5.74) is 1.76. The minimum atomic E-state index is 0.661. The molecule has 0 unspecified atom stereocenters. The lowest BCUT2D eigenvalue weighted by Crippen LogP contribution is -1.78. The van der Waals surface area contributed by atoms with E-state index in [1.807, 2.05) is 41.8 Å². The Hall–Kier alpha value is -2.40. The Labute approximate surface area is 112 Å². The molecule has 3 aromatic heterocycles. The Bertz CT molecular complexity index is 829. The molecule has 0 aliphatic carbocycles. The maximum atomic E-state index is 5.51. The quantitative estimate of drug-likeness (QED) is 0.598. The number of hydrogen-bond acceptors (Lipinski definition) is 4. The summed E-state index contributed by atoms with van der Waals surface area (Å²) in [7, 11) is 0. The van der Waals surface area contributed by atoms with Gasteiger partial charge in [0, 0.05) is 5.39 Å². The fourth-order valence-corrected chi connectivity index (χ4v) is 2.72. The van der Waals surface area contributed by atoms with Crippen LogP contribution in [-0.4, -0.2) is 15.2 Å². The van der Waals surface area contributed by atoms with E-state index in [0.717, 1.165) is 27.2 Å². The third-order valence-electron chi connectivity index (χ3n) is 2.96. The predicted molar refractivity (Wildman–Crippen MR) is 74.9 cm³/mol. The third kappa shape index (κ3) is 1.67. The first kappa shape index (κ1) is 10.5. The van der Waals surface area contributed by atoms with Gasteiger partial charge in [0.25, 0.3) is 0 Å². The summed E-state index contributed by atoms with van der Waals surface area (Å²) in [4.78, 5) is 5.60. The van der Waals surface area contributed by atoms with Crippen molar-refractivity contribution in [2.24, 2.45) is 0 Å². The number of aromatic nitrogens is 3. The van der Waals surface area contributed by atoms with Crippen LogP contribution in [0.4, 0.5) is 0 Å². The minimum Gasteiger partial charge on any atom is -0.464 e. The molecule has 3 heterocycles. The summed E-state index contributed by atoms with van der Waals surface area (Å²) in [5.74, 6) is 1.45. The lowest BCUT2D eigenvalue weighted by atomic mass is 10.2. The van der Waals surface area contributed by atoms with Gasteiger partial charge in [-0.15, -0.1) is 11.3 Å². The number of H-pyrrole nitrogens is 1. The smallest absolute Gasteiger partial charge is 0.185 e. The molecule has 0 fully saturated rings. The normalized spacial score (nSPS) is 11.2. The van der Waals surface area contributed by atoms with Crippen molar-refractivity contribution in [2.75, 3.05) is 0 Å². The summed E-state index contributed by atoms with van der Waals surface area (Å²) in [6.07, 6.45) is 1.70. The average molecular weight is 267 g/mol. The van der Waals surface area contributed by atoms with Gasteiger partial charge in [0.1, 0.15) is 11.8 Å². The molecule has 0 saturated heterocycles. The molecular weight excluding hydrogens is 258 g/mol. The SMILES string of the molecule is c1csc(-c2nc(-c3coc4ccccc34)n[nH]2)c1. The molecule has 1 aromatic carbocycles. The van der Waals surface area contributed by atoms with Crippen LogP contribution in [-0.2, 0) is 0 Å². The number of benzene rings is 1. The first-order valence-electron chi connectivity index (χ1n) is 5.85. The van der Waals surface area contributed by atoms with Crippen molar-refractivity contribution in [3.05, 3.63) is 48.0 Å². The third-order valence-corrected chi connectivity index (χ3v) is 3.84. The van der Waals surface area contributed by atoms with Gasteiger partial charge in [-0.2, -0.15) is 5.10 Å². The highest BCUT2D eigenvalue weighted by atomic mass is 32.1. The van der Waals surface area contributed by atoms with Crippen molar-refractivity contribution in [2.45, 2.75) is 0 Å². The largest absolute Gasteiger partial charge is 0.464 e. The summed E-state index contributed by atoms with van der Waals surface area (Å²) in [6.45, 7) is 0. The summed E-state index contributed by atoms with van der Waals surface area (Å²) < 4.78 is 5.51. The van der Waals surface area contributed by atoms with Gasteiger partial charge in [0.2, 0.25) is 0 Å². The Morgan fingerprint density at radius 3 is 2.95 bits per heavy atom. The van der Waals surface area contributed by atoms with Crippen LogP contribution < -0.4 is 0 Å². The van der Waals surface area contributed by atoms with Crippen LogP contribution in [0.25, 0.3) is 33.1 Å². The number of fused-ring (bicyclic) bond motifs is 1. The molecule has 0 aliphatic rings. The van der Waals surface area contributed by atoms with Crippen molar-refractivity contribution in [3.63, 3.8) is 0 Å². The lowest BCUT2D eigenvalue weighted by Gasteiger charge is -1.90. The average Bonchev–Trinajstić information content (AvgIpc) is 3.18. The molecule has 4 nitrogen and oxygen atoms in total. The van der Waals surface area contributed by atoms with Crippen molar-refractivity contribution in [1.82, 2.24) is 15.2 Å². The fraction of sp³-hybridized carbons (Fsp3) is 0. The minimum absolute atomic E-state index is 0.661. The molecule has 19 heavy (non-hydrogen) atoms. The number of rotatable bonds is 2. The monoisotopic (exact) mass is 267 g/mol. The molecule has 0 spiro atoms. The highest BCUT2D eigenvalue weighted by Gasteiger charge is 2.13. The second-order valence-electron chi connectivity index (χ2n) is 4.13. The van der Waals surface area contributed by atoms with Crippen LogP contribution in [0.1, 0.15) is 0 Å². The van der Waals surface area contributed by atoms with E-state index < -0.39 is 0 Å². The van der Waals surface area contributed by atoms with Gasteiger partial charge >= 0.3 is 0 Å². The van der Waals surface area contributed by atoms with Gasteiger partial charge in [-0.1, -0.05) is 24.3 Å². The summed E-state index contributed by atoms with van der Waals surface area (Å²) in [6, 6.07) is 11.9. The first-order chi connectivity index (χ1) is 9.42. The highest BCUT2D eigenvalue weighted by Crippen LogP contribution is 2.29. The van der Waals surface area contributed by atoms with Crippen LogP contribution >= 0.6 is 11.3 Å². The van der Waals surface area contributed by atoms with Crippen LogP contribution in [0.15, 0.2) is 52.5 Å². The van der Waals surface area contributed by atoms with E-state index in [4.69, 9.17) is 4.42 Å². The molecule has 0 radical (unpaired) electrons. The lowest BCUT2D eigenvalue weighted by molar-refractivity contribution is 0.616. The number of thiophene rings is 1. The van der Waals surface area contributed by atoms with Gasteiger partial charge in [-0.05, 0) is 17.5 Å². The molecule has 0 atom stereocenters. The number of para-hydroxylation sites is 1. The van der Waals surface area contributed by atoms with Gasteiger partial charge in [0.15, 0.2) is 11.6 Å². The number of furan rings is 1.